The Morgan fingerprint density at radius 1 is 1.25 bits per heavy atom. The van der Waals surface area contributed by atoms with Crippen LogP contribution in [0.15, 0.2) is 50.8 Å². The first-order chi connectivity index (χ1) is 9.55. The summed E-state index contributed by atoms with van der Waals surface area (Å²) in [6.45, 7) is 0.484. The van der Waals surface area contributed by atoms with Crippen LogP contribution in [0.5, 0.6) is 0 Å². The molecule has 7 heteroatoms. The van der Waals surface area contributed by atoms with Crippen molar-refractivity contribution in [1.29, 1.82) is 0 Å². The molecular weight excluding hydrogens is 296 g/mol. The van der Waals surface area contributed by atoms with Crippen molar-refractivity contribution < 1.29 is 12.8 Å². The zero-order chi connectivity index (χ0) is 14.6. The van der Waals surface area contributed by atoms with Crippen LogP contribution in [0.3, 0.4) is 0 Å². The van der Waals surface area contributed by atoms with Crippen molar-refractivity contribution in [1.82, 2.24) is 5.32 Å². The van der Waals surface area contributed by atoms with Gasteiger partial charge in [-0.05, 0) is 43.6 Å². The van der Waals surface area contributed by atoms with Gasteiger partial charge in [-0.3, -0.25) is 4.72 Å². The van der Waals surface area contributed by atoms with Gasteiger partial charge in [0.05, 0.1) is 12.2 Å². The number of thioether (sulfide) groups is 1. The van der Waals surface area contributed by atoms with Gasteiger partial charge in [-0.15, -0.1) is 11.8 Å². The number of rotatable bonds is 6. The fraction of sp³-hybridized carbons (Fsp3) is 0.231. The van der Waals surface area contributed by atoms with Crippen molar-refractivity contribution in [2.75, 3.05) is 18.0 Å². The quantitative estimate of drug-likeness (QED) is 0.802. The average Bonchev–Trinajstić information content (AvgIpc) is 2.88. The van der Waals surface area contributed by atoms with E-state index in [1.165, 1.54) is 6.07 Å². The van der Waals surface area contributed by atoms with Gasteiger partial charge < -0.3 is 9.73 Å². The molecule has 0 unspecified atom stereocenters. The van der Waals surface area contributed by atoms with E-state index in [0.717, 1.165) is 4.90 Å². The van der Waals surface area contributed by atoms with Crippen LogP contribution in [0.4, 0.5) is 5.69 Å². The monoisotopic (exact) mass is 312 g/mol. The maximum atomic E-state index is 12.2. The molecule has 0 aliphatic heterocycles. The molecule has 0 aliphatic carbocycles. The van der Waals surface area contributed by atoms with Crippen molar-refractivity contribution in [2.24, 2.45) is 0 Å². The first-order valence-electron chi connectivity index (χ1n) is 5.95. The first kappa shape index (κ1) is 15.0. The lowest BCUT2D eigenvalue weighted by molar-refractivity contribution is 0.408. The Morgan fingerprint density at radius 3 is 2.75 bits per heavy atom. The third kappa shape index (κ3) is 3.56. The molecule has 0 aliphatic rings. The van der Waals surface area contributed by atoms with Gasteiger partial charge in [0.15, 0.2) is 0 Å². The van der Waals surface area contributed by atoms with Gasteiger partial charge in [0, 0.05) is 4.90 Å². The fourth-order valence-electron chi connectivity index (χ4n) is 1.66. The number of anilines is 1. The van der Waals surface area contributed by atoms with Crippen molar-refractivity contribution in [2.45, 2.75) is 16.5 Å². The van der Waals surface area contributed by atoms with Gasteiger partial charge >= 0.3 is 0 Å². The van der Waals surface area contributed by atoms with Gasteiger partial charge in [0.1, 0.15) is 5.76 Å². The molecule has 20 heavy (non-hydrogen) atoms. The molecule has 2 aromatic rings. The van der Waals surface area contributed by atoms with E-state index in [-0.39, 0.29) is 5.09 Å². The van der Waals surface area contributed by atoms with E-state index < -0.39 is 10.0 Å². The Bertz CT molecular complexity index is 680. The number of sulfonamides is 1. The van der Waals surface area contributed by atoms with E-state index in [0.29, 0.717) is 18.0 Å². The summed E-state index contributed by atoms with van der Waals surface area (Å²) in [5.41, 5.74) is 0.517. The molecule has 1 heterocycles. The molecule has 0 atom stereocenters. The standard InChI is InChI=1S/C13H16N2O3S2/c1-14-9-11-6-7-13(18-11)20(16,17)15-10-4-3-5-12(8-10)19-2/h3-8,14-15H,9H2,1-2H3. The fourth-order valence-corrected chi connectivity index (χ4v) is 3.13. The van der Waals surface area contributed by atoms with Crippen LogP contribution >= 0.6 is 11.8 Å². The predicted molar refractivity (Wildman–Crippen MR) is 80.5 cm³/mol. The van der Waals surface area contributed by atoms with Crippen molar-refractivity contribution in [3.05, 3.63) is 42.2 Å². The summed E-state index contributed by atoms with van der Waals surface area (Å²) in [5, 5.41) is 2.82. The highest BCUT2D eigenvalue weighted by atomic mass is 32.2. The molecule has 2 rings (SSSR count). The smallest absolute Gasteiger partial charge is 0.295 e. The van der Waals surface area contributed by atoms with Gasteiger partial charge in [-0.25, -0.2) is 0 Å². The molecule has 0 saturated carbocycles. The first-order valence-corrected chi connectivity index (χ1v) is 8.66. The summed E-state index contributed by atoms with van der Waals surface area (Å²) in [6, 6.07) is 10.3. The van der Waals surface area contributed by atoms with Crippen LogP contribution in [-0.4, -0.2) is 21.7 Å². The summed E-state index contributed by atoms with van der Waals surface area (Å²) in [5.74, 6) is 0.575. The average molecular weight is 312 g/mol. The lowest BCUT2D eigenvalue weighted by Crippen LogP contribution is -2.12. The minimum atomic E-state index is -3.69. The van der Waals surface area contributed by atoms with Gasteiger partial charge in [-0.1, -0.05) is 6.07 Å². The number of benzene rings is 1. The highest BCUT2D eigenvalue weighted by molar-refractivity contribution is 7.98. The number of hydrogen-bond acceptors (Lipinski definition) is 5. The molecular formula is C13H16N2O3S2. The van der Waals surface area contributed by atoms with Crippen LogP contribution in [-0.2, 0) is 16.6 Å². The minimum absolute atomic E-state index is 0.0858. The van der Waals surface area contributed by atoms with Crippen molar-refractivity contribution >= 4 is 27.5 Å². The maximum absolute atomic E-state index is 12.2. The van der Waals surface area contributed by atoms with Crippen LogP contribution in [0.25, 0.3) is 0 Å². The second kappa shape index (κ2) is 6.34. The topological polar surface area (TPSA) is 71.3 Å². The Labute approximate surface area is 122 Å². The van der Waals surface area contributed by atoms with E-state index in [1.807, 2.05) is 12.3 Å². The van der Waals surface area contributed by atoms with E-state index in [1.54, 1.807) is 43.1 Å². The normalized spacial score (nSPS) is 11.5. The number of nitrogens with one attached hydrogen (secondary N) is 2. The van der Waals surface area contributed by atoms with E-state index >= 15 is 0 Å². The SMILES string of the molecule is CNCc1ccc(S(=O)(=O)Nc2cccc(SC)c2)o1. The van der Waals surface area contributed by atoms with Crippen LogP contribution in [0.1, 0.15) is 5.76 Å². The molecule has 0 spiro atoms. The van der Waals surface area contributed by atoms with Gasteiger partial charge in [0.2, 0.25) is 5.09 Å². The van der Waals surface area contributed by atoms with E-state index in [2.05, 4.69) is 10.0 Å². The summed E-state index contributed by atoms with van der Waals surface area (Å²) in [6.07, 6.45) is 1.93. The number of furan rings is 1. The molecule has 5 nitrogen and oxygen atoms in total. The Hall–Kier alpha value is -1.44. The van der Waals surface area contributed by atoms with Crippen molar-refractivity contribution in [3.8, 4) is 0 Å². The summed E-state index contributed by atoms with van der Waals surface area (Å²) in [4.78, 5) is 0.987. The molecule has 1 aromatic heterocycles. The lowest BCUT2D eigenvalue weighted by Gasteiger charge is -2.06. The Kier molecular flexibility index (Phi) is 4.74. The molecule has 1 aromatic carbocycles. The van der Waals surface area contributed by atoms with Crippen LogP contribution < -0.4 is 10.0 Å². The zero-order valence-corrected chi connectivity index (χ0v) is 12.8. The van der Waals surface area contributed by atoms with Gasteiger partial charge in [-0.2, -0.15) is 8.42 Å². The Balaban J connectivity index is 2.21. The largest absolute Gasteiger partial charge is 0.446 e. The molecule has 0 radical (unpaired) electrons. The van der Waals surface area contributed by atoms with E-state index in [4.69, 9.17) is 4.42 Å². The Morgan fingerprint density at radius 2 is 2.05 bits per heavy atom. The molecule has 0 fully saturated rings. The molecule has 0 bridgehead atoms. The summed E-state index contributed by atoms with van der Waals surface area (Å²) in [7, 11) is -1.92. The third-order valence-electron chi connectivity index (χ3n) is 2.57. The highest BCUT2D eigenvalue weighted by Crippen LogP contribution is 2.22. The predicted octanol–water partition coefficient (Wildman–Crippen LogP) is 2.52. The van der Waals surface area contributed by atoms with Crippen LogP contribution in [0, 0.1) is 0 Å². The summed E-state index contributed by atoms with van der Waals surface area (Å²) < 4.78 is 32.2. The molecule has 2 N–H and O–H groups in total. The van der Waals surface area contributed by atoms with E-state index in [9.17, 15) is 8.42 Å². The van der Waals surface area contributed by atoms with Gasteiger partial charge in [0.25, 0.3) is 10.0 Å². The lowest BCUT2D eigenvalue weighted by atomic mass is 10.3. The second-order valence-corrected chi connectivity index (χ2v) is 6.58. The third-order valence-corrected chi connectivity index (χ3v) is 4.55. The molecule has 0 saturated heterocycles. The van der Waals surface area contributed by atoms with Crippen molar-refractivity contribution in [3.63, 3.8) is 0 Å². The highest BCUT2D eigenvalue weighted by Gasteiger charge is 2.18. The second-order valence-electron chi connectivity index (χ2n) is 4.09. The minimum Gasteiger partial charge on any atom is -0.446 e. The number of hydrogen-bond donors (Lipinski definition) is 2. The van der Waals surface area contributed by atoms with Crippen LogP contribution in [0.2, 0.25) is 0 Å². The molecule has 0 amide bonds. The maximum Gasteiger partial charge on any atom is 0.295 e. The zero-order valence-electron chi connectivity index (χ0n) is 11.2. The molecule has 108 valence electrons. The summed E-state index contributed by atoms with van der Waals surface area (Å²) >= 11 is 1.55.